The van der Waals surface area contributed by atoms with Gasteiger partial charge in [-0.05, 0) is 48.2 Å². The number of piperazine rings is 1. The molecule has 5 rings (SSSR count). The van der Waals surface area contributed by atoms with Crippen LogP contribution in [0.15, 0.2) is 70.1 Å². The largest absolute Gasteiger partial charge is 0.482 e. The van der Waals surface area contributed by atoms with Crippen LogP contribution < -0.4 is 10.2 Å². The summed E-state index contributed by atoms with van der Waals surface area (Å²) >= 11 is 6.09. The predicted molar refractivity (Wildman–Crippen MR) is 139 cm³/mol. The number of amides is 1. The van der Waals surface area contributed by atoms with Gasteiger partial charge in [0.25, 0.3) is 0 Å². The third kappa shape index (κ3) is 5.73. The van der Waals surface area contributed by atoms with Gasteiger partial charge in [0.15, 0.2) is 0 Å². The van der Waals surface area contributed by atoms with Crippen LogP contribution in [0.25, 0.3) is 0 Å². The standard InChI is InChI=1S/C29H30ClFN2O4/c30-23-8-6-22(7-9-23)29(10-1-2-11-29)28(35)33-14-12-32(13-15-33)18-25-17-26(34)27(20-36-25)37-19-21-4-3-5-24(31)16-21/h3-9,16-17,20H,1-2,10-15,18-19H2. The fourth-order valence-electron chi connectivity index (χ4n) is 5.42. The van der Waals surface area contributed by atoms with Crippen LogP contribution in [0.3, 0.4) is 0 Å². The van der Waals surface area contributed by atoms with Gasteiger partial charge in [-0.1, -0.05) is 48.7 Å². The summed E-state index contributed by atoms with van der Waals surface area (Å²) in [6, 6.07) is 15.2. The summed E-state index contributed by atoms with van der Waals surface area (Å²) in [7, 11) is 0. The topological polar surface area (TPSA) is 63.0 Å². The van der Waals surface area contributed by atoms with Crippen molar-refractivity contribution in [2.45, 2.75) is 44.2 Å². The smallest absolute Gasteiger partial charge is 0.233 e. The quantitative estimate of drug-likeness (QED) is 0.427. The minimum atomic E-state index is -0.457. The number of rotatable bonds is 7. The molecule has 2 fully saturated rings. The maximum absolute atomic E-state index is 13.7. The van der Waals surface area contributed by atoms with Gasteiger partial charge >= 0.3 is 0 Å². The van der Waals surface area contributed by atoms with Crippen molar-refractivity contribution < 1.29 is 18.3 Å². The van der Waals surface area contributed by atoms with E-state index < -0.39 is 5.41 Å². The van der Waals surface area contributed by atoms with Crippen molar-refractivity contribution in [2.75, 3.05) is 26.2 Å². The van der Waals surface area contributed by atoms with Crippen LogP contribution in [-0.4, -0.2) is 41.9 Å². The number of halogens is 2. The zero-order valence-corrected chi connectivity index (χ0v) is 21.4. The van der Waals surface area contributed by atoms with Crippen molar-refractivity contribution in [1.29, 1.82) is 0 Å². The van der Waals surface area contributed by atoms with Crippen LogP contribution in [0.5, 0.6) is 5.75 Å². The first kappa shape index (κ1) is 25.5. The summed E-state index contributed by atoms with van der Waals surface area (Å²) in [4.78, 5) is 30.4. The molecule has 0 spiro atoms. The molecule has 1 amide bonds. The van der Waals surface area contributed by atoms with E-state index in [4.69, 9.17) is 20.8 Å². The van der Waals surface area contributed by atoms with E-state index in [0.717, 1.165) is 31.2 Å². The number of carbonyl (C=O) groups excluding carboxylic acids is 1. The summed E-state index contributed by atoms with van der Waals surface area (Å²) in [6.45, 7) is 3.22. The molecular weight excluding hydrogens is 495 g/mol. The van der Waals surface area contributed by atoms with E-state index in [9.17, 15) is 14.0 Å². The lowest BCUT2D eigenvalue weighted by atomic mass is 9.77. The highest BCUT2D eigenvalue weighted by Gasteiger charge is 2.45. The molecule has 6 nitrogen and oxygen atoms in total. The van der Waals surface area contributed by atoms with Gasteiger partial charge in [0.05, 0.1) is 12.0 Å². The maximum Gasteiger partial charge on any atom is 0.233 e. The van der Waals surface area contributed by atoms with E-state index in [0.29, 0.717) is 49.1 Å². The van der Waals surface area contributed by atoms with Crippen molar-refractivity contribution >= 4 is 17.5 Å². The highest BCUT2D eigenvalue weighted by molar-refractivity contribution is 6.30. The van der Waals surface area contributed by atoms with E-state index >= 15 is 0 Å². The minimum Gasteiger partial charge on any atom is -0.482 e. The molecule has 3 aromatic rings. The van der Waals surface area contributed by atoms with Crippen molar-refractivity contribution in [2.24, 2.45) is 0 Å². The zero-order valence-electron chi connectivity index (χ0n) is 20.6. The highest BCUT2D eigenvalue weighted by atomic mass is 35.5. The second-order valence-electron chi connectivity index (χ2n) is 9.86. The number of carbonyl (C=O) groups is 1. The Hall–Kier alpha value is -3.16. The lowest BCUT2D eigenvalue weighted by Crippen LogP contribution is -2.53. The Bertz CT molecular complexity index is 1300. The number of nitrogens with zero attached hydrogens (tertiary/aromatic N) is 2. The molecule has 1 aliphatic heterocycles. The van der Waals surface area contributed by atoms with E-state index in [1.807, 2.05) is 29.2 Å². The summed E-state index contributed by atoms with van der Waals surface area (Å²) in [5, 5.41) is 0.677. The zero-order chi connectivity index (χ0) is 25.8. The minimum absolute atomic E-state index is 0.0787. The average molecular weight is 525 g/mol. The first-order valence-corrected chi connectivity index (χ1v) is 13.1. The molecule has 1 aromatic heterocycles. The molecule has 8 heteroatoms. The first-order chi connectivity index (χ1) is 17.9. The molecular formula is C29H30ClFN2O4. The molecule has 1 saturated heterocycles. The fourth-order valence-corrected chi connectivity index (χ4v) is 5.55. The Balaban J connectivity index is 1.17. The summed E-state index contributed by atoms with van der Waals surface area (Å²) in [5.41, 5.74) is 0.952. The van der Waals surface area contributed by atoms with Crippen LogP contribution in [0.1, 0.15) is 42.6 Å². The van der Waals surface area contributed by atoms with Gasteiger partial charge in [-0.25, -0.2) is 4.39 Å². The Kier molecular flexibility index (Phi) is 7.63. The molecule has 194 valence electrons. The van der Waals surface area contributed by atoms with E-state index in [1.54, 1.807) is 12.1 Å². The van der Waals surface area contributed by atoms with Gasteiger partial charge in [0.2, 0.25) is 17.1 Å². The van der Waals surface area contributed by atoms with Crippen LogP contribution in [0, 0.1) is 5.82 Å². The number of benzene rings is 2. The average Bonchev–Trinajstić information content (AvgIpc) is 3.40. The molecule has 0 bridgehead atoms. The van der Waals surface area contributed by atoms with E-state index in [1.165, 1.54) is 24.5 Å². The Labute approximate surface area is 220 Å². The monoisotopic (exact) mass is 524 g/mol. The third-order valence-electron chi connectivity index (χ3n) is 7.44. The maximum atomic E-state index is 13.7. The van der Waals surface area contributed by atoms with Crippen molar-refractivity contribution in [3.63, 3.8) is 0 Å². The Morgan fingerprint density at radius 2 is 1.76 bits per heavy atom. The van der Waals surface area contributed by atoms with Crippen molar-refractivity contribution in [3.05, 3.63) is 98.8 Å². The van der Waals surface area contributed by atoms with Crippen LogP contribution in [0.2, 0.25) is 5.02 Å². The van der Waals surface area contributed by atoms with Crippen LogP contribution >= 0.6 is 11.6 Å². The second-order valence-corrected chi connectivity index (χ2v) is 10.3. The lowest BCUT2D eigenvalue weighted by molar-refractivity contribution is -0.139. The summed E-state index contributed by atoms with van der Waals surface area (Å²) < 4.78 is 24.5. The third-order valence-corrected chi connectivity index (χ3v) is 7.69. The van der Waals surface area contributed by atoms with Gasteiger partial charge < -0.3 is 14.1 Å². The number of ether oxygens (including phenoxy) is 1. The SMILES string of the molecule is O=C(N1CCN(Cc2cc(=O)c(OCc3cccc(F)c3)co2)CC1)C1(c2ccc(Cl)cc2)CCCC1. The van der Waals surface area contributed by atoms with Gasteiger partial charge in [0, 0.05) is 37.3 Å². The summed E-state index contributed by atoms with van der Waals surface area (Å²) in [5.74, 6) is 0.482. The first-order valence-electron chi connectivity index (χ1n) is 12.7. The number of hydrogen-bond donors (Lipinski definition) is 0. The van der Waals surface area contributed by atoms with Crippen molar-refractivity contribution in [1.82, 2.24) is 9.80 Å². The lowest BCUT2D eigenvalue weighted by Gasteiger charge is -2.40. The van der Waals surface area contributed by atoms with Crippen LogP contribution in [-0.2, 0) is 23.4 Å². The Morgan fingerprint density at radius 1 is 1.03 bits per heavy atom. The molecule has 0 N–H and O–H groups in total. The van der Waals surface area contributed by atoms with Crippen molar-refractivity contribution in [3.8, 4) is 5.75 Å². The Morgan fingerprint density at radius 3 is 2.43 bits per heavy atom. The molecule has 0 unspecified atom stereocenters. The molecule has 1 saturated carbocycles. The second kappa shape index (κ2) is 11.1. The van der Waals surface area contributed by atoms with E-state index in [-0.39, 0.29) is 29.5 Å². The molecule has 0 radical (unpaired) electrons. The van der Waals surface area contributed by atoms with Gasteiger partial charge in [-0.15, -0.1) is 0 Å². The highest BCUT2D eigenvalue weighted by Crippen LogP contribution is 2.43. The summed E-state index contributed by atoms with van der Waals surface area (Å²) in [6.07, 6.45) is 5.15. The number of hydrogen-bond acceptors (Lipinski definition) is 5. The molecule has 2 aliphatic rings. The van der Waals surface area contributed by atoms with Gasteiger partial charge in [0.1, 0.15) is 24.4 Å². The molecule has 1 aliphatic carbocycles. The molecule has 2 aromatic carbocycles. The fraction of sp³-hybridized carbons (Fsp3) is 0.379. The van der Waals surface area contributed by atoms with Gasteiger partial charge in [-0.2, -0.15) is 0 Å². The molecule has 2 heterocycles. The van der Waals surface area contributed by atoms with Crippen LogP contribution in [0.4, 0.5) is 4.39 Å². The normalized spacial score (nSPS) is 17.6. The molecule has 0 atom stereocenters. The van der Waals surface area contributed by atoms with E-state index in [2.05, 4.69) is 4.90 Å². The predicted octanol–water partition coefficient (Wildman–Crippen LogP) is 5.17. The molecule has 37 heavy (non-hydrogen) atoms. The van der Waals surface area contributed by atoms with Gasteiger partial charge in [-0.3, -0.25) is 14.5 Å².